The van der Waals surface area contributed by atoms with Gasteiger partial charge in [-0.15, -0.1) is 0 Å². The Bertz CT molecular complexity index is 1650. The maximum atomic E-state index is 12.9. The fourth-order valence-corrected chi connectivity index (χ4v) is 5.04. The third-order valence-electron chi connectivity index (χ3n) is 6.29. The Labute approximate surface area is 277 Å². The first-order valence-corrected chi connectivity index (χ1v) is 17.4. The molecule has 2 aromatic rings. The number of ketones is 1. The van der Waals surface area contributed by atoms with Gasteiger partial charge in [0.2, 0.25) is 37.8 Å². The average molecular weight is 714 g/mol. The van der Waals surface area contributed by atoms with Gasteiger partial charge in [0.05, 0.1) is 49.2 Å². The lowest BCUT2D eigenvalue weighted by molar-refractivity contribution is -0.139. The first-order chi connectivity index (χ1) is 22.4. The molecule has 0 aromatic heterocycles. The summed E-state index contributed by atoms with van der Waals surface area (Å²) in [6, 6.07) is 10.1. The van der Waals surface area contributed by atoms with Gasteiger partial charge in [-0.05, 0) is 55.5 Å². The molecule has 3 amide bonds. The summed E-state index contributed by atoms with van der Waals surface area (Å²) in [5.74, 6) is -2.96. The number of ether oxygens (including phenoxy) is 1. The number of nitrogens with two attached hydrogens (primary N) is 2. The van der Waals surface area contributed by atoms with Crippen LogP contribution in [0.3, 0.4) is 0 Å². The Kier molecular flexibility index (Phi) is 15.7. The van der Waals surface area contributed by atoms with E-state index in [2.05, 4.69) is 16.0 Å². The molecule has 0 saturated heterocycles. The third-order valence-corrected chi connectivity index (χ3v) is 8.15. The summed E-state index contributed by atoms with van der Waals surface area (Å²) >= 11 is 0. The van der Waals surface area contributed by atoms with Gasteiger partial charge in [0, 0.05) is 37.4 Å². The minimum absolute atomic E-state index is 0.0378. The number of hydrogen-bond donors (Lipinski definition) is 6. The van der Waals surface area contributed by atoms with Crippen molar-refractivity contribution in [3.63, 3.8) is 0 Å². The summed E-state index contributed by atoms with van der Waals surface area (Å²) in [5.41, 5.74) is 0.487. The average Bonchev–Trinajstić information content (AvgIpc) is 2.96. The van der Waals surface area contributed by atoms with Crippen LogP contribution in [0.15, 0.2) is 58.3 Å². The van der Waals surface area contributed by atoms with Crippen LogP contribution in [0.1, 0.15) is 13.3 Å². The predicted octanol–water partition coefficient (Wildman–Crippen LogP) is -1.64. The van der Waals surface area contributed by atoms with Gasteiger partial charge in [-0.1, -0.05) is 0 Å². The molecule has 0 aliphatic carbocycles. The number of Topliss-reactive ketones (excluding diaryl/α,β-unsaturated/α-hetero) is 1. The zero-order valence-electron chi connectivity index (χ0n) is 26.1. The van der Waals surface area contributed by atoms with E-state index in [1.165, 1.54) is 65.3 Å². The van der Waals surface area contributed by atoms with Crippen LogP contribution in [0.4, 0.5) is 11.4 Å². The maximum Gasteiger partial charge on any atom is 0.317 e. The van der Waals surface area contributed by atoms with Crippen LogP contribution in [0, 0.1) is 0 Å². The molecular formula is C28H39N7O11S2. The number of hydrogen-bond acceptors (Lipinski definition) is 12. The number of primary sulfonamides is 2. The number of aliphatic carboxylic acids is 1. The molecule has 0 unspecified atom stereocenters. The lowest BCUT2D eigenvalue weighted by Crippen LogP contribution is -2.46. The molecule has 264 valence electrons. The van der Waals surface area contributed by atoms with Gasteiger partial charge in [-0.3, -0.25) is 33.8 Å². The van der Waals surface area contributed by atoms with Crippen molar-refractivity contribution in [3.05, 3.63) is 48.5 Å². The highest BCUT2D eigenvalue weighted by molar-refractivity contribution is 7.89. The van der Waals surface area contributed by atoms with Gasteiger partial charge >= 0.3 is 5.97 Å². The molecule has 0 atom stereocenters. The molecule has 0 radical (unpaired) electrons. The summed E-state index contributed by atoms with van der Waals surface area (Å²) < 4.78 is 51.2. The van der Waals surface area contributed by atoms with Crippen LogP contribution in [-0.2, 0) is 48.8 Å². The minimum Gasteiger partial charge on any atom is -0.480 e. The smallest absolute Gasteiger partial charge is 0.317 e. The largest absolute Gasteiger partial charge is 0.480 e. The van der Waals surface area contributed by atoms with Crippen LogP contribution < -0.4 is 26.2 Å². The Morgan fingerprint density at radius 2 is 1.10 bits per heavy atom. The summed E-state index contributed by atoms with van der Waals surface area (Å²) in [6.07, 6.45) is 0.233. The Morgan fingerprint density at radius 3 is 1.50 bits per heavy atom. The standard InChI is InChI=1S/C28H39N7O11S2/c1-20(36)10-14-46-15-11-31-25(37)16-34(17-26(38)32-21-2-6-23(7-3-21)47(29,42)43)12-13-35(19-28(40)41)18-27(39)33-22-4-8-24(9-5-22)48(30,44)45/h2-9H,10-19H2,1H3,(H,31,37)(H,32,38)(H,33,39)(H,40,41)(H2,29,42,43)(H2,30,44,45). The number of carbonyl (C=O) groups excluding carboxylic acids is 4. The number of amides is 3. The summed E-state index contributed by atoms with van der Waals surface area (Å²) in [5, 5.41) is 27.3. The molecule has 2 rings (SSSR count). The molecule has 0 saturated carbocycles. The molecule has 0 spiro atoms. The molecule has 0 fully saturated rings. The molecule has 0 aliphatic heterocycles. The quantitative estimate of drug-likeness (QED) is 0.0793. The second-order valence-electron chi connectivity index (χ2n) is 10.5. The van der Waals surface area contributed by atoms with E-state index in [1.54, 1.807) is 0 Å². The number of nitrogens with one attached hydrogen (secondary N) is 3. The van der Waals surface area contributed by atoms with E-state index in [-0.39, 0.29) is 79.3 Å². The highest BCUT2D eigenvalue weighted by Gasteiger charge is 2.20. The number of carboxylic acid groups (broad SMARTS) is 1. The zero-order valence-corrected chi connectivity index (χ0v) is 27.7. The van der Waals surface area contributed by atoms with Crippen molar-refractivity contribution < 1.29 is 50.7 Å². The summed E-state index contributed by atoms with van der Waals surface area (Å²) in [7, 11) is -7.89. The van der Waals surface area contributed by atoms with Crippen molar-refractivity contribution in [1.29, 1.82) is 0 Å². The van der Waals surface area contributed by atoms with E-state index in [9.17, 15) is 45.9 Å². The van der Waals surface area contributed by atoms with E-state index in [0.717, 1.165) is 0 Å². The summed E-state index contributed by atoms with van der Waals surface area (Å²) in [4.78, 5) is 63.2. The minimum atomic E-state index is -3.95. The molecule has 18 nitrogen and oxygen atoms in total. The first kappa shape index (κ1) is 39.9. The molecule has 0 bridgehead atoms. The van der Waals surface area contributed by atoms with Crippen molar-refractivity contribution in [2.75, 3.05) is 69.7 Å². The number of sulfonamides is 2. The van der Waals surface area contributed by atoms with Crippen LogP contribution in [0.5, 0.6) is 0 Å². The topological polar surface area (TPSA) is 278 Å². The van der Waals surface area contributed by atoms with E-state index < -0.39 is 56.8 Å². The molecular weight excluding hydrogens is 674 g/mol. The first-order valence-electron chi connectivity index (χ1n) is 14.3. The lowest BCUT2D eigenvalue weighted by atomic mass is 10.3. The number of rotatable bonds is 21. The monoisotopic (exact) mass is 713 g/mol. The summed E-state index contributed by atoms with van der Waals surface area (Å²) in [6.45, 7) is 0.183. The van der Waals surface area contributed by atoms with Gasteiger partial charge in [0.1, 0.15) is 5.78 Å². The van der Waals surface area contributed by atoms with Crippen LogP contribution in [0.2, 0.25) is 0 Å². The number of nitrogens with zero attached hydrogens (tertiary/aromatic N) is 2. The highest BCUT2D eigenvalue weighted by atomic mass is 32.2. The lowest BCUT2D eigenvalue weighted by Gasteiger charge is -2.26. The fourth-order valence-electron chi connectivity index (χ4n) is 4.00. The van der Waals surface area contributed by atoms with E-state index >= 15 is 0 Å². The molecule has 0 aliphatic rings. The molecule has 8 N–H and O–H groups in total. The zero-order chi connectivity index (χ0) is 35.9. The van der Waals surface area contributed by atoms with Crippen molar-refractivity contribution in [2.45, 2.75) is 23.1 Å². The Balaban J connectivity index is 2.07. The Morgan fingerprint density at radius 1 is 0.688 bits per heavy atom. The van der Waals surface area contributed by atoms with Gasteiger partial charge in [0.25, 0.3) is 0 Å². The third kappa shape index (κ3) is 16.0. The van der Waals surface area contributed by atoms with Crippen LogP contribution >= 0.6 is 0 Å². The van der Waals surface area contributed by atoms with Crippen LogP contribution in [-0.4, -0.2) is 120 Å². The van der Waals surface area contributed by atoms with Gasteiger partial charge in [0.15, 0.2) is 0 Å². The maximum absolute atomic E-state index is 12.9. The second kappa shape index (κ2) is 18.9. The van der Waals surface area contributed by atoms with E-state index in [4.69, 9.17) is 15.0 Å². The molecule has 2 aromatic carbocycles. The van der Waals surface area contributed by atoms with Crippen molar-refractivity contribution in [1.82, 2.24) is 15.1 Å². The second-order valence-corrected chi connectivity index (χ2v) is 13.6. The number of carboxylic acids is 1. The Hall–Kier alpha value is -4.31. The van der Waals surface area contributed by atoms with Gasteiger partial charge < -0.3 is 25.8 Å². The van der Waals surface area contributed by atoms with Crippen molar-refractivity contribution in [2.24, 2.45) is 10.3 Å². The van der Waals surface area contributed by atoms with Gasteiger partial charge in [-0.25, -0.2) is 27.1 Å². The predicted molar refractivity (Wildman–Crippen MR) is 173 cm³/mol. The SMILES string of the molecule is CC(=O)CCOCCNC(=O)CN(CCN(CC(=O)O)CC(=O)Nc1ccc(S(N)(=O)=O)cc1)CC(=O)Nc1ccc(S(N)(=O)=O)cc1. The molecule has 20 heteroatoms. The molecule has 48 heavy (non-hydrogen) atoms. The number of benzene rings is 2. The van der Waals surface area contributed by atoms with Crippen LogP contribution in [0.25, 0.3) is 0 Å². The fraction of sp³-hybridized carbons (Fsp3) is 0.393. The molecule has 0 heterocycles. The van der Waals surface area contributed by atoms with E-state index in [0.29, 0.717) is 0 Å². The van der Waals surface area contributed by atoms with Gasteiger partial charge in [-0.2, -0.15) is 0 Å². The number of anilines is 2. The normalized spacial score (nSPS) is 11.7. The van der Waals surface area contributed by atoms with E-state index in [1.807, 2.05) is 0 Å². The van der Waals surface area contributed by atoms with Crippen molar-refractivity contribution in [3.8, 4) is 0 Å². The number of carbonyl (C=O) groups is 5. The highest BCUT2D eigenvalue weighted by Crippen LogP contribution is 2.14. The van der Waals surface area contributed by atoms with Crippen molar-refractivity contribution >= 4 is 60.9 Å².